The van der Waals surface area contributed by atoms with E-state index >= 15 is 0 Å². The van der Waals surface area contributed by atoms with Crippen LogP contribution in [0.25, 0.3) is 0 Å². The maximum Gasteiger partial charge on any atom is 0.415 e. The van der Waals surface area contributed by atoms with Crippen LogP contribution >= 0.6 is 0 Å². The molecule has 0 saturated carbocycles. The Labute approximate surface area is 117 Å². The number of amides is 2. The SMILES string of the molecule is COc1ccc(OC(=O)N2CCCC(C(N)=O)C2)cc1. The van der Waals surface area contributed by atoms with E-state index in [-0.39, 0.29) is 11.8 Å². The largest absolute Gasteiger partial charge is 0.497 e. The Hall–Kier alpha value is -2.24. The number of nitrogens with two attached hydrogens (primary N) is 1. The summed E-state index contributed by atoms with van der Waals surface area (Å²) in [5, 5.41) is 0. The van der Waals surface area contributed by atoms with E-state index in [1.54, 1.807) is 31.4 Å². The summed E-state index contributed by atoms with van der Waals surface area (Å²) in [4.78, 5) is 24.7. The highest BCUT2D eigenvalue weighted by molar-refractivity contribution is 5.78. The topological polar surface area (TPSA) is 81.9 Å². The van der Waals surface area contributed by atoms with Crippen LogP contribution < -0.4 is 15.2 Å². The quantitative estimate of drug-likeness (QED) is 0.905. The van der Waals surface area contributed by atoms with Gasteiger partial charge in [-0.3, -0.25) is 4.79 Å². The summed E-state index contributed by atoms with van der Waals surface area (Å²) in [5.41, 5.74) is 5.28. The Morgan fingerprint density at radius 2 is 1.90 bits per heavy atom. The van der Waals surface area contributed by atoms with Crippen LogP contribution in [0, 0.1) is 5.92 Å². The molecular weight excluding hydrogens is 260 g/mol. The summed E-state index contributed by atoms with van der Waals surface area (Å²) >= 11 is 0. The molecule has 6 nitrogen and oxygen atoms in total. The first-order valence-corrected chi connectivity index (χ1v) is 6.50. The van der Waals surface area contributed by atoms with Crippen LogP contribution in [0.15, 0.2) is 24.3 Å². The summed E-state index contributed by atoms with van der Waals surface area (Å²) in [5.74, 6) is 0.479. The average molecular weight is 278 g/mol. The van der Waals surface area contributed by atoms with E-state index in [0.29, 0.717) is 24.6 Å². The first-order chi connectivity index (χ1) is 9.60. The fraction of sp³-hybridized carbons (Fsp3) is 0.429. The summed E-state index contributed by atoms with van der Waals surface area (Å²) in [6.45, 7) is 0.906. The highest BCUT2D eigenvalue weighted by Gasteiger charge is 2.28. The molecule has 1 aromatic carbocycles. The van der Waals surface area contributed by atoms with Crippen molar-refractivity contribution in [3.05, 3.63) is 24.3 Å². The zero-order chi connectivity index (χ0) is 14.5. The van der Waals surface area contributed by atoms with E-state index in [1.807, 2.05) is 0 Å². The van der Waals surface area contributed by atoms with Crippen LogP contribution in [-0.4, -0.2) is 37.1 Å². The number of nitrogens with zero attached hydrogens (tertiary/aromatic N) is 1. The zero-order valence-corrected chi connectivity index (χ0v) is 11.4. The van der Waals surface area contributed by atoms with Gasteiger partial charge in [-0.05, 0) is 37.1 Å². The Morgan fingerprint density at radius 1 is 1.25 bits per heavy atom. The lowest BCUT2D eigenvalue weighted by Crippen LogP contribution is -2.45. The number of carbonyl (C=O) groups excluding carboxylic acids is 2. The lowest BCUT2D eigenvalue weighted by molar-refractivity contribution is -0.123. The van der Waals surface area contributed by atoms with Gasteiger partial charge in [0.2, 0.25) is 5.91 Å². The van der Waals surface area contributed by atoms with Gasteiger partial charge in [0.1, 0.15) is 11.5 Å². The molecule has 20 heavy (non-hydrogen) atoms. The third kappa shape index (κ3) is 3.40. The van der Waals surface area contributed by atoms with Crippen LogP contribution in [0.5, 0.6) is 11.5 Å². The minimum atomic E-state index is -0.457. The molecule has 2 amide bonds. The normalized spacial score (nSPS) is 18.4. The van der Waals surface area contributed by atoms with Crippen molar-refractivity contribution in [2.24, 2.45) is 11.7 Å². The van der Waals surface area contributed by atoms with Crippen molar-refractivity contribution in [3.63, 3.8) is 0 Å². The van der Waals surface area contributed by atoms with Crippen molar-refractivity contribution in [1.82, 2.24) is 4.90 Å². The average Bonchev–Trinajstić information content (AvgIpc) is 2.48. The van der Waals surface area contributed by atoms with Crippen LogP contribution in [0.3, 0.4) is 0 Å². The maximum absolute atomic E-state index is 12.0. The molecule has 108 valence electrons. The number of primary amides is 1. The fourth-order valence-corrected chi connectivity index (χ4v) is 2.18. The van der Waals surface area contributed by atoms with Gasteiger partial charge in [0.25, 0.3) is 0 Å². The van der Waals surface area contributed by atoms with E-state index in [0.717, 1.165) is 12.8 Å². The molecule has 0 radical (unpaired) electrons. The molecule has 0 bridgehead atoms. The molecule has 1 saturated heterocycles. The third-order valence-electron chi connectivity index (χ3n) is 3.35. The third-order valence-corrected chi connectivity index (χ3v) is 3.35. The lowest BCUT2D eigenvalue weighted by Gasteiger charge is -2.30. The van der Waals surface area contributed by atoms with Crippen LogP contribution in [0.4, 0.5) is 4.79 Å². The minimum absolute atomic E-state index is 0.285. The van der Waals surface area contributed by atoms with Crippen molar-refractivity contribution >= 4 is 12.0 Å². The van der Waals surface area contributed by atoms with E-state index in [4.69, 9.17) is 15.2 Å². The molecule has 1 aliphatic heterocycles. The van der Waals surface area contributed by atoms with Gasteiger partial charge in [-0.1, -0.05) is 0 Å². The number of hydrogen-bond acceptors (Lipinski definition) is 4. The summed E-state index contributed by atoms with van der Waals surface area (Å²) < 4.78 is 10.3. The predicted molar refractivity (Wildman–Crippen MR) is 72.5 cm³/mol. The second-order valence-electron chi connectivity index (χ2n) is 4.73. The Morgan fingerprint density at radius 3 is 2.50 bits per heavy atom. The lowest BCUT2D eigenvalue weighted by atomic mass is 9.98. The van der Waals surface area contributed by atoms with Gasteiger partial charge in [-0.2, -0.15) is 0 Å². The van der Waals surface area contributed by atoms with Gasteiger partial charge in [0, 0.05) is 13.1 Å². The Kier molecular flexibility index (Phi) is 4.45. The summed E-state index contributed by atoms with van der Waals surface area (Å²) in [7, 11) is 1.57. The van der Waals surface area contributed by atoms with Crippen LogP contribution in [0.1, 0.15) is 12.8 Å². The molecule has 2 N–H and O–H groups in total. The number of benzene rings is 1. The van der Waals surface area contributed by atoms with E-state index < -0.39 is 6.09 Å². The number of likely N-dealkylation sites (tertiary alicyclic amines) is 1. The molecule has 1 aromatic rings. The number of rotatable bonds is 3. The van der Waals surface area contributed by atoms with Crippen molar-refractivity contribution in [3.8, 4) is 11.5 Å². The van der Waals surface area contributed by atoms with Gasteiger partial charge >= 0.3 is 6.09 Å². The number of carbonyl (C=O) groups is 2. The molecule has 1 fully saturated rings. The smallest absolute Gasteiger partial charge is 0.415 e. The molecule has 1 unspecified atom stereocenters. The van der Waals surface area contributed by atoms with Crippen LogP contribution in [0.2, 0.25) is 0 Å². The maximum atomic E-state index is 12.0. The Bertz CT molecular complexity index is 486. The summed E-state index contributed by atoms with van der Waals surface area (Å²) in [6.07, 6.45) is 1.02. The molecule has 1 atom stereocenters. The summed E-state index contributed by atoms with van der Waals surface area (Å²) in [6, 6.07) is 6.74. The fourth-order valence-electron chi connectivity index (χ4n) is 2.18. The first kappa shape index (κ1) is 14.2. The van der Waals surface area contributed by atoms with Crippen molar-refractivity contribution in [1.29, 1.82) is 0 Å². The van der Waals surface area contributed by atoms with Crippen molar-refractivity contribution < 1.29 is 19.1 Å². The monoisotopic (exact) mass is 278 g/mol. The molecule has 0 aromatic heterocycles. The molecule has 6 heteroatoms. The van der Waals surface area contributed by atoms with Crippen LogP contribution in [-0.2, 0) is 4.79 Å². The van der Waals surface area contributed by atoms with E-state index in [1.165, 1.54) is 4.90 Å². The van der Waals surface area contributed by atoms with Crippen molar-refractivity contribution in [2.45, 2.75) is 12.8 Å². The zero-order valence-electron chi connectivity index (χ0n) is 11.4. The number of methoxy groups -OCH3 is 1. The molecule has 2 rings (SSSR count). The predicted octanol–water partition coefficient (Wildman–Crippen LogP) is 1.39. The van der Waals surface area contributed by atoms with Gasteiger partial charge in [0.15, 0.2) is 0 Å². The van der Waals surface area contributed by atoms with E-state index in [9.17, 15) is 9.59 Å². The van der Waals surface area contributed by atoms with Gasteiger partial charge in [0.05, 0.1) is 13.0 Å². The Balaban J connectivity index is 1.95. The highest BCUT2D eigenvalue weighted by Crippen LogP contribution is 2.20. The molecule has 1 aliphatic rings. The molecule has 1 heterocycles. The van der Waals surface area contributed by atoms with Gasteiger partial charge < -0.3 is 20.1 Å². The second kappa shape index (κ2) is 6.27. The molecule has 0 aliphatic carbocycles. The molecule has 0 spiro atoms. The van der Waals surface area contributed by atoms with E-state index in [2.05, 4.69) is 0 Å². The van der Waals surface area contributed by atoms with Gasteiger partial charge in [-0.25, -0.2) is 4.79 Å². The van der Waals surface area contributed by atoms with Gasteiger partial charge in [-0.15, -0.1) is 0 Å². The minimum Gasteiger partial charge on any atom is -0.497 e. The molecular formula is C14H18N2O4. The number of hydrogen-bond donors (Lipinski definition) is 1. The number of piperidine rings is 1. The van der Waals surface area contributed by atoms with Crippen molar-refractivity contribution in [2.75, 3.05) is 20.2 Å². The second-order valence-corrected chi connectivity index (χ2v) is 4.73. The standard InChI is InChI=1S/C14H18N2O4/c1-19-11-4-6-12(7-5-11)20-14(18)16-8-2-3-10(9-16)13(15)17/h4-7,10H,2-3,8-9H2,1H3,(H2,15,17). The highest BCUT2D eigenvalue weighted by atomic mass is 16.6. The first-order valence-electron chi connectivity index (χ1n) is 6.50. The number of ether oxygens (including phenoxy) is 2.